The van der Waals surface area contributed by atoms with Gasteiger partial charge >= 0.3 is 0 Å². The first-order valence-corrected chi connectivity index (χ1v) is 4.64. The minimum atomic E-state index is -0.0822. The van der Waals surface area contributed by atoms with E-state index in [1.165, 1.54) is 6.08 Å². The monoisotopic (exact) mass is 189 g/mol. The molecule has 0 fully saturated rings. The number of hydrogen-bond donors (Lipinski definition) is 1. The Labute approximate surface area is 84.6 Å². The highest BCUT2D eigenvalue weighted by atomic mass is 16.1. The highest BCUT2D eigenvalue weighted by Crippen LogP contribution is 2.16. The van der Waals surface area contributed by atoms with Crippen LogP contribution in [-0.4, -0.2) is 5.91 Å². The van der Waals surface area contributed by atoms with Gasteiger partial charge in [0.15, 0.2) is 0 Å². The summed E-state index contributed by atoms with van der Waals surface area (Å²) in [7, 11) is 0. The standard InChI is InChI=1S/C12H15NO/c1-4-5-12(14)13-11-8-9(2)6-7-10(11)3/h4-8H,1-3H3,(H,13,14)/b5-4+. The second-order valence-electron chi connectivity index (χ2n) is 3.31. The Morgan fingerprint density at radius 3 is 2.71 bits per heavy atom. The predicted octanol–water partition coefficient (Wildman–Crippen LogP) is 2.82. The number of aryl methyl sites for hydroxylation is 2. The molecule has 74 valence electrons. The predicted molar refractivity (Wildman–Crippen MR) is 59.4 cm³/mol. The highest BCUT2D eigenvalue weighted by Gasteiger charge is 2.00. The molecule has 1 aromatic rings. The van der Waals surface area contributed by atoms with Crippen molar-refractivity contribution in [2.24, 2.45) is 0 Å². The molecule has 14 heavy (non-hydrogen) atoms. The van der Waals surface area contributed by atoms with E-state index < -0.39 is 0 Å². The Morgan fingerprint density at radius 1 is 1.36 bits per heavy atom. The molecule has 0 atom stereocenters. The molecule has 0 aliphatic carbocycles. The summed E-state index contributed by atoms with van der Waals surface area (Å²) >= 11 is 0. The molecule has 0 aliphatic rings. The van der Waals surface area contributed by atoms with Crippen LogP contribution in [0.1, 0.15) is 18.1 Å². The van der Waals surface area contributed by atoms with Gasteiger partial charge in [-0.3, -0.25) is 4.79 Å². The van der Waals surface area contributed by atoms with Crippen molar-refractivity contribution in [3.63, 3.8) is 0 Å². The average molecular weight is 189 g/mol. The molecule has 0 saturated heterocycles. The van der Waals surface area contributed by atoms with Gasteiger partial charge in [-0.15, -0.1) is 0 Å². The van der Waals surface area contributed by atoms with Crippen LogP contribution in [0.3, 0.4) is 0 Å². The van der Waals surface area contributed by atoms with E-state index in [0.29, 0.717) is 0 Å². The summed E-state index contributed by atoms with van der Waals surface area (Å²) < 4.78 is 0. The molecule has 1 amide bonds. The van der Waals surface area contributed by atoms with Crippen LogP contribution in [-0.2, 0) is 4.79 Å². The van der Waals surface area contributed by atoms with E-state index >= 15 is 0 Å². The molecule has 1 aromatic carbocycles. The Morgan fingerprint density at radius 2 is 2.07 bits per heavy atom. The summed E-state index contributed by atoms with van der Waals surface area (Å²) in [5.74, 6) is -0.0822. The molecule has 0 unspecified atom stereocenters. The lowest BCUT2D eigenvalue weighted by Gasteiger charge is -2.06. The number of carbonyl (C=O) groups is 1. The molecule has 0 spiro atoms. The fraction of sp³-hybridized carbons (Fsp3) is 0.250. The molecule has 0 aromatic heterocycles. The van der Waals surface area contributed by atoms with Gasteiger partial charge in [-0.2, -0.15) is 0 Å². The van der Waals surface area contributed by atoms with E-state index in [2.05, 4.69) is 5.32 Å². The first kappa shape index (κ1) is 10.5. The summed E-state index contributed by atoms with van der Waals surface area (Å²) in [5.41, 5.74) is 3.10. The fourth-order valence-electron chi connectivity index (χ4n) is 1.20. The number of hydrogen-bond acceptors (Lipinski definition) is 1. The zero-order valence-corrected chi connectivity index (χ0v) is 8.79. The lowest BCUT2D eigenvalue weighted by molar-refractivity contribution is -0.111. The summed E-state index contributed by atoms with van der Waals surface area (Å²) in [5, 5.41) is 2.83. The van der Waals surface area contributed by atoms with Crippen LogP contribution in [0.15, 0.2) is 30.4 Å². The summed E-state index contributed by atoms with van der Waals surface area (Å²) in [4.78, 5) is 11.3. The van der Waals surface area contributed by atoms with Crippen molar-refractivity contribution < 1.29 is 4.79 Å². The van der Waals surface area contributed by atoms with Crippen molar-refractivity contribution >= 4 is 11.6 Å². The molecule has 2 heteroatoms. The van der Waals surface area contributed by atoms with E-state index in [-0.39, 0.29) is 5.91 Å². The van der Waals surface area contributed by atoms with Crippen LogP contribution < -0.4 is 5.32 Å². The molecule has 0 heterocycles. The fourth-order valence-corrected chi connectivity index (χ4v) is 1.20. The lowest BCUT2D eigenvalue weighted by atomic mass is 10.1. The highest BCUT2D eigenvalue weighted by molar-refractivity contribution is 5.99. The largest absolute Gasteiger partial charge is 0.322 e. The SMILES string of the molecule is C/C=C/C(=O)Nc1cc(C)ccc1C. The third-order valence-corrected chi connectivity index (χ3v) is 1.97. The zero-order chi connectivity index (χ0) is 10.6. The van der Waals surface area contributed by atoms with Gasteiger partial charge in [-0.25, -0.2) is 0 Å². The molecule has 1 N–H and O–H groups in total. The van der Waals surface area contributed by atoms with Crippen molar-refractivity contribution in [2.45, 2.75) is 20.8 Å². The van der Waals surface area contributed by atoms with Gasteiger partial charge in [0, 0.05) is 5.69 Å². The summed E-state index contributed by atoms with van der Waals surface area (Å²) in [6.07, 6.45) is 3.24. The van der Waals surface area contributed by atoms with Crippen molar-refractivity contribution in [1.82, 2.24) is 0 Å². The number of amides is 1. The van der Waals surface area contributed by atoms with E-state index in [0.717, 1.165) is 16.8 Å². The van der Waals surface area contributed by atoms with Crippen molar-refractivity contribution in [1.29, 1.82) is 0 Å². The second-order valence-corrected chi connectivity index (χ2v) is 3.31. The Kier molecular flexibility index (Phi) is 3.46. The van der Waals surface area contributed by atoms with Crippen LogP contribution in [0.4, 0.5) is 5.69 Å². The number of allylic oxidation sites excluding steroid dienone is 1. The maximum Gasteiger partial charge on any atom is 0.248 e. The Balaban J connectivity index is 2.85. The molecule has 1 rings (SSSR count). The smallest absolute Gasteiger partial charge is 0.248 e. The molecule has 2 nitrogen and oxygen atoms in total. The van der Waals surface area contributed by atoms with E-state index in [9.17, 15) is 4.79 Å². The summed E-state index contributed by atoms with van der Waals surface area (Å²) in [6.45, 7) is 5.80. The maximum absolute atomic E-state index is 11.3. The van der Waals surface area contributed by atoms with Gasteiger partial charge in [-0.05, 0) is 44.0 Å². The van der Waals surface area contributed by atoms with Crippen LogP contribution in [0, 0.1) is 13.8 Å². The number of nitrogens with one attached hydrogen (secondary N) is 1. The molecular weight excluding hydrogens is 174 g/mol. The van der Waals surface area contributed by atoms with Gasteiger partial charge in [0.1, 0.15) is 0 Å². The number of rotatable bonds is 2. The third kappa shape index (κ3) is 2.73. The molecule has 0 radical (unpaired) electrons. The van der Waals surface area contributed by atoms with E-state index in [1.54, 1.807) is 6.08 Å². The Bertz CT molecular complexity index is 367. The van der Waals surface area contributed by atoms with Gasteiger partial charge in [0.2, 0.25) is 5.91 Å². The van der Waals surface area contributed by atoms with Crippen LogP contribution in [0.2, 0.25) is 0 Å². The molecular formula is C12H15NO. The number of anilines is 1. The van der Waals surface area contributed by atoms with Crippen molar-refractivity contribution in [3.05, 3.63) is 41.5 Å². The van der Waals surface area contributed by atoms with Crippen LogP contribution >= 0.6 is 0 Å². The van der Waals surface area contributed by atoms with Crippen molar-refractivity contribution in [3.8, 4) is 0 Å². The maximum atomic E-state index is 11.3. The van der Waals surface area contributed by atoms with Crippen LogP contribution in [0.25, 0.3) is 0 Å². The van der Waals surface area contributed by atoms with E-state index in [4.69, 9.17) is 0 Å². The van der Waals surface area contributed by atoms with Gasteiger partial charge in [-0.1, -0.05) is 18.2 Å². The number of carbonyl (C=O) groups excluding carboxylic acids is 1. The molecule has 0 aliphatic heterocycles. The normalized spacial score (nSPS) is 10.5. The second kappa shape index (κ2) is 4.61. The van der Waals surface area contributed by atoms with E-state index in [1.807, 2.05) is 39.0 Å². The minimum Gasteiger partial charge on any atom is -0.322 e. The molecule has 0 bridgehead atoms. The van der Waals surface area contributed by atoms with Gasteiger partial charge < -0.3 is 5.32 Å². The Hall–Kier alpha value is -1.57. The average Bonchev–Trinajstić information content (AvgIpc) is 2.12. The quantitative estimate of drug-likeness (QED) is 0.712. The lowest BCUT2D eigenvalue weighted by Crippen LogP contribution is -2.08. The van der Waals surface area contributed by atoms with Crippen LogP contribution in [0.5, 0.6) is 0 Å². The number of benzene rings is 1. The third-order valence-electron chi connectivity index (χ3n) is 1.97. The van der Waals surface area contributed by atoms with Gasteiger partial charge in [0.05, 0.1) is 0 Å². The first-order valence-electron chi connectivity index (χ1n) is 4.64. The zero-order valence-electron chi connectivity index (χ0n) is 8.79. The molecule has 0 saturated carbocycles. The first-order chi connectivity index (χ1) is 6.63. The summed E-state index contributed by atoms with van der Waals surface area (Å²) in [6, 6.07) is 6.00. The topological polar surface area (TPSA) is 29.1 Å². The minimum absolute atomic E-state index is 0.0822. The van der Waals surface area contributed by atoms with Gasteiger partial charge in [0.25, 0.3) is 0 Å². The van der Waals surface area contributed by atoms with Crippen molar-refractivity contribution in [2.75, 3.05) is 5.32 Å².